The first-order chi connectivity index (χ1) is 50.0. The summed E-state index contributed by atoms with van der Waals surface area (Å²) in [7, 11) is 27.1. The maximum absolute atomic E-state index is 6.95. The summed E-state index contributed by atoms with van der Waals surface area (Å²) < 4.78 is 31.4. The van der Waals surface area contributed by atoms with E-state index in [4.69, 9.17) is 28.9 Å². The van der Waals surface area contributed by atoms with Crippen LogP contribution in [0.4, 0.5) is 0 Å². The number of benzene rings is 10. The van der Waals surface area contributed by atoms with Crippen LogP contribution in [0.15, 0.2) is 194 Å². The van der Waals surface area contributed by atoms with Gasteiger partial charge < -0.3 is 115 Å². The Bertz CT molecular complexity index is 5200. The van der Waals surface area contributed by atoms with E-state index in [-0.39, 0.29) is 67.9 Å². The highest BCUT2D eigenvalue weighted by Crippen LogP contribution is 2.51. The van der Waals surface area contributed by atoms with Crippen molar-refractivity contribution in [3.8, 4) is 90.3 Å². The molecule has 13 aromatic rings. The van der Waals surface area contributed by atoms with E-state index in [9.17, 15) is 0 Å². The molecule has 0 fully saturated rings. The molecule has 0 unspecified atom stereocenters. The molecule has 3 aromatic heterocycles. The van der Waals surface area contributed by atoms with E-state index >= 15 is 0 Å². The molecule has 15 rings (SSSR count). The average molecular weight is 1700 g/mol. The van der Waals surface area contributed by atoms with E-state index in [1.165, 1.54) is 0 Å². The van der Waals surface area contributed by atoms with Crippen LogP contribution in [0.2, 0.25) is 0 Å². The lowest BCUT2D eigenvalue weighted by atomic mass is 9.93. The number of unbranched alkanes of at least 4 members (excludes halogenated alkanes) is 4. The van der Waals surface area contributed by atoms with Crippen LogP contribution in [0.1, 0.15) is 51.4 Å². The number of hydrogen-bond donors (Lipinski definition) is 2. The van der Waals surface area contributed by atoms with Gasteiger partial charge in [-0.15, -0.1) is 0 Å². The van der Waals surface area contributed by atoms with E-state index < -0.39 is 0 Å². The number of halogens is 4. The van der Waals surface area contributed by atoms with Crippen LogP contribution >= 0.6 is 0 Å². The monoisotopic (exact) mass is 1700 g/mol. The molecule has 0 amide bonds. The molecule has 0 saturated heterocycles. The molecule has 16 heteroatoms. The van der Waals surface area contributed by atoms with Crippen molar-refractivity contribution in [1.82, 2.24) is 19.9 Å². The van der Waals surface area contributed by atoms with Gasteiger partial charge in [-0.25, -0.2) is 9.97 Å². The van der Waals surface area contributed by atoms with Crippen molar-refractivity contribution in [1.29, 1.82) is 0 Å². The number of nitrogens with zero attached hydrogens (tertiary/aromatic N) is 6. The third-order valence-corrected chi connectivity index (χ3v) is 20.5. The number of fused-ring (bicyclic) bond motifs is 24. The summed E-state index contributed by atoms with van der Waals surface area (Å²) in [5.74, 6) is 3.03. The first-order valence-electron chi connectivity index (χ1n) is 37.5. The summed E-state index contributed by atoms with van der Waals surface area (Å²) in [4.78, 5) is 20.7. The molecule has 562 valence electrons. The highest BCUT2D eigenvalue weighted by molar-refractivity contribution is 6.21. The lowest BCUT2D eigenvalue weighted by molar-refractivity contribution is -0.870. The van der Waals surface area contributed by atoms with Crippen LogP contribution in [0, 0.1) is 0 Å². The molecule has 0 aliphatic carbocycles. The SMILES string of the molecule is C[N+](C)(C)CCCCOc1cc(OCCCC[N+](C)(C)C)cc(-c2c3nc(cc4[nH]c(c(-c5cc(OCCCC[N+](C)(C)C)cc(OCCCC[N+](C)(C)C)c5)c5nc(cc6[nH]c2c2cc7ccccc7cc62)-c2cc6ccccc6cc2-5)c2cc5ccccc5cc42)-c2cc4ccccc4cc2-3)c1.[Br-].[Br-].[Br-].[Br-]. The molecular weight excluding hydrogens is 1600 g/mol. The van der Waals surface area contributed by atoms with Crippen LogP contribution < -0.4 is 86.9 Å². The van der Waals surface area contributed by atoms with E-state index in [1.54, 1.807) is 0 Å². The highest BCUT2D eigenvalue weighted by Gasteiger charge is 2.29. The van der Waals surface area contributed by atoms with Gasteiger partial charge >= 0.3 is 0 Å². The van der Waals surface area contributed by atoms with Crippen molar-refractivity contribution in [3.63, 3.8) is 0 Å². The van der Waals surface area contributed by atoms with Gasteiger partial charge in [-0.2, -0.15) is 0 Å². The number of hydrogen-bond acceptors (Lipinski definition) is 6. The standard InChI is InChI=1S/C92H102N8O4.4BrH/c1-97(2,3)37-21-25-41-101-71-45-69(46-72(57-71)102-42-26-22-38-98(4,5)6)87-89-79-53-65-33-17-13-29-61(65)49-75(79)83(93-89)59-85-77-51-63-31-15-19-35-67(63)55-81(77)91(95-85)88(70-47-73(103-43-27-23-39-99(7,8)9)58-74(48-70)104-44-28-24-40-100(10,11)12)92-82-56-68-36-20-16-32-64(68)52-78(82)86(96-92)60-84-76-50-62-30-14-18-34-66(62)54-80(76)90(87)94-84;;;;/h13-20,29-36,45-60,93,96H,21-28,37-44H2,1-12H3;4*1H/q+4;;;;/p-4. The van der Waals surface area contributed by atoms with Crippen LogP contribution in [0.25, 0.3) is 154 Å². The van der Waals surface area contributed by atoms with E-state index in [1.807, 2.05) is 0 Å². The number of rotatable bonds is 26. The van der Waals surface area contributed by atoms with Crippen LogP contribution in [0.3, 0.4) is 0 Å². The molecule has 10 aromatic carbocycles. The zero-order valence-electron chi connectivity index (χ0n) is 64.6. The summed E-state index contributed by atoms with van der Waals surface area (Å²) in [6.07, 6.45) is 7.85. The van der Waals surface area contributed by atoms with Gasteiger partial charge in [0, 0.05) is 78.1 Å². The number of aromatic amines is 2. The Morgan fingerprint density at radius 3 is 0.796 bits per heavy atom. The fourth-order valence-electron chi connectivity index (χ4n) is 15.2. The van der Waals surface area contributed by atoms with Gasteiger partial charge in [0.1, 0.15) is 23.0 Å². The first kappa shape index (κ1) is 80.8. The summed E-state index contributed by atoms with van der Waals surface area (Å²) in [6, 6.07) is 71.5. The first-order valence-corrected chi connectivity index (χ1v) is 37.5. The molecule has 108 heavy (non-hydrogen) atoms. The summed E-state index contributed by atoms with van der Waals surface area (Å²) in [5.41, 5.74) is 15.0. The smallest absolute Gasteiger partial charge is 0.123 e. The highest BCUT2D eigenvalue weighted by atomic mass is 79.9. The molecule has 0 saturated carbocycles. The zero-order chi connectivity index (χ0) is 72.1. The van der Waals surface area contributed by atoms with Crippen molar-refractivity contribution in [3.05, 3.63) is 194 Å². The number of nitrogens with one attached hydrogen (secondary N) is 2. The van der Waals surface area contributed by atoms with Gasteiger partial charge in [-0.05, 0) is 191 Å². The summed E-state index contributed by atoms with van der Waals surface area (Å²) in [6.45, 7) is 6.51. The van der Waals surface area contributed by atoms with Crippen molar-refractivity contribution < 1.29 is 105 Å². The molecule has 5 heterocycles. The fourth-order valence-corrected chi connectivity index (χ4v) is 15.2. The lowest BCUT2D eigenvalue weighted by Crippen LogP contribution is -3.00. The molecule has 0 radical (unpaired) electrons. The van der Waals surface area contributed by atoms with Crippen molar-refractivity contribution >= 4 is 86.7 Å². The Morgan fingerprint density at radius 2 is 0.528 bits per heavy atom. The van der Waals surface area contributed by atoms with E-state index in [0.717, 1.165) is 272 Å². The Kier molecular flexibility index (Phi) is 25.1. The van der Waals surface area contributed by atoms with Crippen molar-refractivity contribution in [2.24, 2.45) is 0 Å². The average Bonchev–Trinajstić information content (AvgIpc) is 1.56. The van der Waals surface area contributed by atoms with E-state index in [0.29, 0.717) is 26.4 Å². The van der Waals surface area contributed by atoms with Crippen LogP contribution in [-0.4, -0.2) is 175 Å². The van der Waals surface area contributed by atoms with Gasteiger partial charge in [0.2, 0.25) is 0 Å². The molecule has 12 nitrogen and oxygen atoms in total. The summed E-state index contributed by atoms with van der Waals surface area (Å²) in [5, 5.41) is 13.3. The van der Waals surface area contributed by atoms with Gasteiger partial charge in [0.15, 0.2) is 0 Å². The number of aromatic nitrogens is 4. The normalized spacial score (nSPS) is 12.2. The second-order valence-corrected chi connectivity index (χ2v) is 33.2. The van der Waals surface area contributed by atoms with Crippen LogP contribution in [0.5, 0.6) is 23.0 Å². The molecule has 8 bridgehead atoms. The number of quaternary nitrogens is 4. The predicted octanol–water partition coefficient (Wildman–Crippen LogP) is 8.71. The number of ether oxygens (including phenoxy) is 4. The minimum atomic E-state index is 0. The molecule has 2 N–H and O–H groups in total. The van der Waals surface area contributed by atoms with Crippen molar-refractivity contribution in [2.45, 2.75) is 51.4 Å². The Balaban J connectivity index is 0.00000290. The van der Waals surface area contributed by atoms with Gasteiger partial charge in [0.25, 0.3) is 0 Å². The van der Waals surface area contributed by atoms with E-state index in [2.05, 4.69) is 289 Å². The largest absolute Gasteiger partial charge is 1.00 e. The number of H-pyrrole nitrogens is 2. The predicted molar refractivity (Wildman–Crippen MR) is 436 cm³/mol. The maximum atomic E-state index is 6.95. The van der Waals surface area contributed by atoms with Gasteiger partial charge in [0.05, 0.1) is 171 Å². The molecule has 2 aliphatic rings. The quantitative estimate of drug-likeness (QED) is 0.0417. The van der Waals surface area contributed by atoms with Gasteiger partial charge in [-0.3, -0.25) is 0 Å². The van der Waals surface area contributed by atoms with Crippen molar-refractivity contribution in [2.75, 3.05) is 137 Å². The van der Waals surface area contributed by atoms with Crippen LogP contribution in [-0.2, 0) is 0 Å². The third kappa shape index (κ3) is 18.3. The Morgan fingerprint density at radius 1 is 0.278 bits per heavy atom. The topological polar surface area (TPSA) is 94.3 Å². The summed E-state index contributed by atoms with van der Waals surface area (Å²) >= 11 is 0. The third-order valence-electron chi connectivity index (χ3n) is 20.5. The maximum Gasteiger partial charge on any atom is 0.123 e. The molecular formula is C92H102Br4N8O4. The molecule has 2 aliphatic heterocycles. The second kappa shape index (κ2) is 33.6. The fraction of sp³-hybridized carbons (Fsp3) is 0.304. The second-order valence-electron chi connectivity index (χ2n) is 33.2. The zero-order valence-corrected chi connectivity index (χ0v) is 71.0. The van der Waals surface area contributed by atoms with Gasteiger partial charge in [-0.1, -0.05) is 97.1 Å². The minimum Gasteiger partial charge on any atom is -1.00 e. The Labute approximate surface area is 679 Å². The minimum absolute atomic E-state index is 0. The lowest BCUT2D eigenvalue weighted by Gasteiger charge is -2.23. The molecule has 0 spiro atoms. The Hall–Kier alpha value is -8.16. The molecule has 0 atom stereocenters.